The molecular formula is C25H36BrN2O4S+. The van der Waals surface area contributed by atoms with Crippen LogP contribution in [0.25, 0.3) is 0 Å². The number of halogens is 1. The van der Waals surface area contributed by atoms with Crippen LogP contribution in [0.5, 0.6) is 0 Å². The first-order valence-electron chi connectivity index (χ1n) is 11.4. The number of piperidine rings is 1. The lowest BCUT2D eigenvalue weighted by atomic mass is 9.90. The number of likely N-dealkylation sites (tertiary alicyclic amines) is 1. The molecule has 182 valence electrons. The van der Waals surface area contributed by atoms with Crippen LogP contribution in [-0.4, -0.2) is 53.8 Å². The number of carbonyl (C=O) groups excluding carboxylic acids is 2. The normalized spacial score (nSPS) is 24.0. The number of quaternary nitrogens is 1. The van der Waals surface area contributed by atoms with Gasteiger partial charge >= 0.3 is 5.97 Å². The molecule has 0 spiro atoms. The van der Waals surface area contributed by atoms with E-state index in [-0.39, 0.29) is 17.8 Å². The van der Waals surface area contributed by atoms with Gasteiger partial charge in [-0.1, -0.05) is 71.4 Å². The third kappa shape index (κ3) is 8.59. The fraction of sp³-hybridized carbons (Fsp3) is 0.520. The Balaban J connectivity index is 0.00000187. The van der Waals surface area contributed by atoms with Crippen molar-refractivity contribution < 1.29 is 23.4 Å². The van der Waals surface area contributed by atoms with E-state index in [0.29, 0.717) is 13.1 Å². The van der Waals surface area contributed by atoms with Crippen LogP contribution in [0.4, 0.5) is 0 Å². The quantitative estimate of drug-likeness (QED) is 0.373. The minimum atomic E-state index is -1.36. The molecule has 2 N–H and O–H groups in total. The molecule has 4 unspecified atom stereocenters. The predicted molar refractivity (Wildman–Crippen MR) is 137 cm³/mol. The lowest BCUT2D eigenvalue weighted by Crippen LogP contribution is -3.15. The monoisotopic (exact) mass is 539 g/mol. The number of Topliss-reactive ketones (excluding diaryl/α,β-unsaturated/α-hetero) is 1. The minimum Gasteiger partial charge on any atom is -0.455 e. The summed E-state index contributed by atoms with van der Waals surface area (Å²) in [5.41, 5.74) is 1.52. The second-order valence-corrected chi connectivity index (χ2v) is 9.44. The third-order valence-electron chi connectivity index (χ3n) is 6.06. The zero-order valence-electron chi connectivity index (χ0n) is 19.7. The highest BCUT2D eigenvalue weighted by Gasteiger charge is 2.36. The molecule has 1 aliphatic carbocycles. The molecule has 0 radical (unpaired) electrons. The summed E-state index contributed by atoms with van der Waals surface area (Å²) in [5.74, 6) is 1.80. The molecule has 1 heterocycles. The molecule has 0 saturated carbocycles. The Labute approximate surface area is 208 Å². The van der Waals surface area contributed by atoms with Crippen molar-refractivity contribution >= 4 is 38.7 Å². The summed E-state index contributed by atoms with van der Waals surface area (Å²) in [5, 5.41) is 0. The van der Waals surface area contributed by atoms with Crippen LogP contribution in [0.3, 0.4) is 0 Å². The lowest BCUT2D eigenvalue weighted by Gasteiger charge is -2.35. The highest BCUT2D eigenvalue weighted by Crippen LogP contribution is 2.22. The smallest absolute Gasteiger partial charge is 0.329 e. The second kappa shape index (κ2) is 14.6. The molecule has 1 aromatic carbocycles. The van der Waals surface area contributed by atoms with Crippen molar-refractivity contribution in [2.24, 2.45) is 5.92 Å². The zero-order chi connectivity index (χ0) is 24.2. The first-order valence-corrected chi connectivity index (χ1v) is 14.6. The molecule has 1 fully saturated rings. The summed E-state index contributed by atoms with van der Waals surface area (Å²) in [6.07, 6.45) is 11.0. The number of alkyl halides is 1. The zero-order valence-corrected chi connectivity index (χ0v) is 22.1. The molecule has 33 heavy (non-hydrogen) atoms. The van der Waals surface area contributed by atoms with E-state index >= 15 is 0 Å². The number of esters is 1. The summed E-state index contributed by atoms with van der Waals surface area (Å²) in [7, 11) is -1.36. The van der Waals surface area contributed by atoms with Crippen molar-refractivity contribution in [3.05, 3.63) is 59.7 Å². The van der Waals surface area contributed by atoms with E-state index in [4.69, 9.17) is 4.74 Å². The SMILES string of the molecule is CBr.CCC1CC[NH+](CC(=O)C2=CCCC=C2)C[C@@H]1OC(=O)C(NS(C)=O)c1ccccc1. The Bertz CT molecular complexity index is 859. The van der Waals surface area contributed by atoms with E-state index in [1.807, 2.05) is 54.4 Å². The summed E-state index contributed by atoms with van der Waals surface area (Å²) >= 11 is 2.94. The standard InChI is InChI=1S/C24H32N2O4S.CH3Br/c1-3-18-14-15-26(16-21(27)19-10-6-4-7-11-19)17-22(18)30-24(28)23(25-31(2)29)20-12-8-5-9-13-20;1-2/h5-6,8-13,18,22-23,25H,3-4,7,14-17H2,1-2H3;1H3/p+1/t18?,22-,23?,31?;/m0./s1. The Kier molecular flexibility index (Phi) is 12.2. The summed E-state index contributed by atoms with van der Waals surface area (Å²) in [4.78, 5) is 26.9. The molecule has 8 heteroatoms. The van der Waals surface area contributed by atoms with Crippen LogP contribution < -0.4 is 9.62 Å². The van der Waals surface area contributed by atoms with Crippen LogP contribution in [0.1, 0.15) is 44.2 Å². The molecule has 1 aromatic rings. The fourth-order valence-electron chi connectivity index (χ4n) is 4.32. The van der Waals surface area contributed by atoms with Crippen LogP contribution in [0.2, 0.25) is 0 Å². The van der Waals surface area contributed by atoms with Gasteiger partial charge in [-0.3, -0.25) is 4.79 Å². The van der Waals surface area contributed by atoms with Gasteiger partial charge in [-0.25, -0.2) is 13.7 Å². The van der Waals surface area contributed by atoms with Gasteiger partial charge in [-0.15, -0.1) is 0 Å². The van der Waals surface area contributed by atoms with E-state index in [0.717, 1.165) is 48.3 Å². The number of benzene rings is 1. The molecule has 2 aliphatic rings. The van der Waals surface area contributed by atoms with E-state index in [2.05, 4.69) is 27.6 Å². The van der Waals surface area contributed by atoms with Gasteiger partial charge < -0.3 is 9.64 Å². The van der Waals surface area contributed by atoms with Crippen molar-refractivity contribution in [1.29, 1.82) is 0 Å². The van der Waals surface area contributed by atoms with Gasteiger partial charge in [-0.2, -0.15) is 0 Å². The van der Waals surface area contributed by atoms with Crippen molar-refractivity contribution in [3.63, 3.8) is 0 Å². The predicted octanol–water partition coefficient (Wildman–Crippen LogP) is 2.69. The fourth-order valence-corrected chi connectivity index (χ4v) is 4.89. The van der Waals surface area contributed by atoms with Gasteiger partial charge in [0.25, 0.3) is 0 Å². The van der Waals surface area contributed by atoms with E-state index in [9.17, 15) is 13.8 Å². The lowest BCUT2D eigenvalue weighted by molar-refractivity contribution is -0.901. The first kappa shape index (κ1) is 27.6. The second-order valence-electron chi connectivity index (χ2n) is 8.29. The van der Waals surface area contributed by atoms with Crippen LogP contribution in [-0.2, 0) is 25.3 Å². The Morgan fingerprint density at radius 1 is 1.24 bits per heavy atom. The van der Waals surface area contributed by atoms with Gasteiger partial charge in [0.15, 0.2) is 6.10 Å². The molecule has 3 rings (SSSR count). The number of rotatable bonds is 9. The van der Waals surface area contributed by atoms with Crippen molar-refractivity contribution in [2.75, 3.05) is 31.7 Å². The average Bonchev–Trinajstić information content (AvgIpc) is 2.85. The van der Waals surface area contributed by atoms with E-state index in [1.165, 1.54) is 6.26 Å². The molecule has 0 bridgehead atoms. The molecule has 1 aliphatic heterocycles. The number of ether oxygens (including phenoxy) is 1. The van der Waals surface area contributed by atoms with Crippen LogP contribution in [0, 0.1) is 5.92 Å². The number of ketones is 1. The maximum absolute atomic E-state index is 13.1. The number of nitrogens with one attached hydrogen (secondary N) is 2. The van der Waals surface area contributed by atoms with E-state index < -0.39 is 23.0 Å². The molecule has 1 saturated heterocycles. The maximum atomic E-state index is 13.1. The van der Waals surface area contributed by atoms with Crippen LogP contribution in [0.15, 0.2) is 54.1 Å². The topological polar surface area (TPSA) is 76.9 Å². The Morgan fingerprint density at radius 2 is 1.97 bits per heavy atom. The maximum Gasteiger partial charge on any atom is 0.329 e. The molecular weight excluding hydrogens is 504 g/mol. The van der Waals surface area contributed by atoms with Crippen LogP contribution >= 0.6 is 15.9 Å². The number of carbonyl (C=O) groups is 2. The minimum absolute atomic E-state index is 0.149. The van der Waals surface area contributed by atoms with E-state index in [1.54, 1.807) is 0 Å². The molecule has 5 atom stereocenters. The summed E-state index contributed by atoms with van der Waals surface area (Å²) in [6.45, 7) is 4.03. The molecule has 6 nitrogen and oxygen atoms in total. The first-order chi connectivity index (χ1) is 16.0. The Morgan fingerprint density at radius 3 is 2.58 bits per heavy atom. The van der Waals surface area contributed by atoms with Gasteiger partial charge in [0.1, 0.15) is 19.1 Å². The van der Waals surface area contributed by atoms with Gasteiger partial charge in [-0.05, 0) is 30.7 Å². The number of hydrogen-bond acceptors (Lipinski definition) is 4. The third-order valence-corrected chi connectivity index (χ3v) is 6.62. The van der Waals surface area contributed by atoms with Crippen molar-refractivity contribution in [3.8, 4) is 0 Å². The van der Waals surface area contributed by atoms with Crippen molar-refractivity contribution in [2.45, 2.75) is 44.8 Å². The number of hydrogen-bond donors (Lipinski definition) is 2. The summed E-state index contributed by atoms with van der Waals surface area (Å²) < 4.78 is 20.6. The van der Waals surface area contributed by atoms with Gasteiger partial charge in [0.2, 0.25) is 5.78 Å². The molecule has 0 aromatic heterocycles. The summed E-state index contributed by atoms with van der Waals surface area (Å²) in [6, 6.07) is 8.43. The van der Waals surface area contributed by atoms with Gasteiger partial charge in [0.05, 0.1) is 17.5 Å². The van der Waals surface area contributed by atoms with Crippen molar-refractivity contribution in [1.82, 2.24) is 4.72 Å². The average molecular weight is 541 g/mol. The Hall–Kier alpha value is -1.61. The highest BCUT2D eigenvalue weighted by molar-refractivity contribution is 9.08. The molecule has 0 amide bonds. The highest BCUT2D eigenvalue weighted by atomic mass is 79.9. The largest absolute Gasteiger partial charge is 0.455 e. The van der Waals surface area contributed by atoms with Gasteiger partial charge in [0, 0.05) is 24.2 Å². The number of allylic oxidation sites excluding steroid dienone is 3.